The molecule has 0 saturated carbocycles. The smallest absolute Gasteiger partial charge is 0.339 e. The first-order chi connectivity index (χ1) is 9.51. The van der Waals surface area contributed by atoms with Crippen LogP contribution in [0.1, 0.15) is 27.0 Å². The van der Waals surface area contributed by atoms with Crippen molar-refractivity contribution in [2.75, 3.05) is 0 Å². The fourth-order valence-electron chi connectivity index (χ4n) is 1.84. The zero-order valence-corrected chi connectivity index (χ0v) is 11.2. The van der Waals surface area contributed by atoms with Crippen molar-refractivity contribution in [1.29, 1.82) is 5.26 Å². The number of carbonyl (C=O) groups is 1. The minimum absolute atomic E-state index is 0.0782. The van der Waals surface area contributed by atoms with Crippen molar-refractivity contribution in [2.45, 2.75) is 13.8 Å². The number of hydrogen-bond donors (Lipinski definition) is 1. The van der Waals surface area contributed by atoms with Gasteiger partial charge in [0.2, 0.25) is 0 Å². The number of carboxylic acid groups (broad SMARTS) is 1. The summed E-state index contributed by atoms with van der Waals surface area (Å²) in [6.45, 7) is 3.68. The van der Waals surface area contributed by atoms with E-state index < -0.39 is 5.97 Å². The van der Waals surface area contributed by atoms with Gasteiger partial charge in [0.1, 0.15) is 23.1 Å². The second-order valence-electron chi connectivity index (χ2n) is 4.52. The SMILES string of the molecule is Cc1ccc(Oc2ccc(C)cc2C(=O)O)c(C#N)c1. The maximum Gasteiger partial charge on any atom is 0.339 e. The van der Waals surface area contributed by atoms with Gasteiger partial charge in [-0.25, -0.2) is 4.79 Å². The summed E-state index contributed by atoms with van der Waals surface area (Å²) >= 11 is 0. The van der Waals surface area contributed by atoms with Crippen molar-refractivity contribution in [3.63, 3.8) is 0 Å². The van der Waals surface area contributed by atoms with E-state index in [1.54, 1.807) is 24.3 Å². The average Bonchev–Trinajstić information content (AvgIpc) is 2.42. The van der Waals surface area contributed by atoms with Crippen LogP contribution in [0.15, 0.2) is 36.4 Å². The van der Waals surface area contributed by atoms with E-state index in [0.717, 1.165) is 11.1 Å². The number of hydrogen-bond acceptors (Lipinski definition) is 3. The molecule has 4 heteroatoms. The quantitative estimate of drug-likeness (QED) is 0.921. The molecule has 0 aliphatic rings. The Morgan fingerprint density at radius 3 is 2.30 bits per heavy atom. The number of carboxylic acids is 1. The highest BCUT2D eigenvalue weighted by Gasteiger charge is 2.14. The molecule has 100 valence electrons. The van der Waals surface area contributed by atoms with Crippen LogP contribution in [-0.2, 0) is 0 Å². The zero-order chi connectivity index (χ0) is 14.7. The van der Waals surface area contributed by atoms with Crippen molar-refractivity contribution in [2.24, 2.45) is 0 Å². The Kier molecular flexibility index (Phi) is 3.72. The molecule has 2 rings (SSSR count). The van der Waals surface area contributed by atoms with E-state index in [0.29, 0.717) is 11.3 Å². The highest BCUT2D eigenvalue weighted by atomic mass is 16.5. The Morgan fingerprint density at radius 1 is 1.10 bits per heavy atom. The van der Waals surface area contributed by atoms with E-state index in [1.165, 1.54) is 6.07 Å². The van der Waals surface area contributed by atoms with Crippen molar-refractivity contribution < 1.29 is 14.6 Å². The van der Waals surface area contributed by atoms with Crippen LogP contribution in [0, 0.1) is 25.2 Å². The zero-order valence-electron chi connectivity index (χ0n) is 11.2. The summed E-state index contributed by atoms with van der Waals surface area (Å²) in [6, 6.07) is 12.1. The highest BCUT2D eigenvalue weighted by Crippen LogP contribution is 2.29. The molecule has 4 nitrogen and oxygen atoms in total. The van der Waals surface area contributed by atoms with Crippen LogP contribution >= 0.6 is 0 Å². The van der Waals surface area contributed by atoms with Crippen LogP contribution in [0.4, 0.5) is 0 Å². The largest absolute Gasteiger partial charge is 0.478 e. The number of benzene rings is 2. The molecule has 0 fully saturated rings. The minimum Gasteiger partial charge on any atom is -0.478 e. The Labute approximate surface area is 116 Å². The molecule has 0 aliphatic carbocycles. The first kappa shape index (κ1) is 13.6. The third-order valence-electron chi connectivity index (χ3n) is 2.84. The molecule has 20 heavy (non-hydrogen) atoms. The van der Waals surface area contributed by atoms with Gasteiger partial charge in [0.25, 0.3) is 0 Å². The van der Waals surface area contributed by atoms with Crippen LogP contribution in [0.3, 0.4) is 0 Å². The predicted molar refractivity (Wildman–Crippen MR) is 74.1 cm³/mol. The van der Waals surface area contributed by atoms with E-state index in [2.05, 4.69) is 0 Å². The minimum atomic E-state index is -1.06. The van der Waals surface area contributed by atoms with Crippen LogP contribution < -0.4 is 4.74 Å². The monoisotopic (exact) mass is 267 g/mol. The molecule has 0 amide bonds. The lowest BCUT2D eigenvalue weighted by atomic mass is 10.1. The van der Waals surface area contributed by atoms with Crippen LogP contribution in [0.25, 0.3) is 0 Å². The van der Waals surface area contributed by atoms with Crippen molar-refractivity contribution in [1.82, 2.24) is 0 Å². The van der Waals surface area contributed by atoms with E-state index in [1.807, 2.05) is 26.0 Å². The highest BCUT2D eigenvalue weighted by molar-refractivity contribution is 5.91. The summed E-state index contributed by atoms with van der Waals surface area (Å²) in [7, 11) is 0. The van der Waals surface area contributed by atoms with Gasteiger partial charge in [-0.3, -0.25) is 0 Å². The van der Waals surface area contributed by atoms with Gasteiger partial charge in [-0.15, -0.1) is 0 Å². The molecule has 0 spiro atoms. The average molecular weight is 267 g/mol. The first-order valence-corrected chi connectivity index (χ1v) is 6.04. The van der Waals surface area contributed by atoms with E-state index in [9.17, 15) is 9.90 Å². The molecule has 0 aliphatic heterocycles. The molecule has 0 saturated heterocycles. The molecule has 0 atom stereocenters. The molecule has 0 radical (unpaired) electrons. The van der Waals surface area contributed by atoms with Gasteiger partial charge in [0.05, 0.1) is 5.56 Å². The number of ether oxygens (including phenoxy) is 1. The summed E-state index contributed by atoms with van der Waals surface area (Å²) in [5.41, 5.74) is 2.23. The molecule has 1 N–H and O–H groups in total. The second kappa shape index (κ2) is 5.45. The fraction of sp³-hybridized carbons (Fsp3) is 0.125. The third kappa shape index (κ3) is 2.78. The maximum atomic E-state index is 11.2. The molecule has 0 heterocycles. The molecule has 2 aromatic carbocycles. The number of rotatable bonds is 3. The van der Waals surface area contributed by atoms with E-state index in [4.69, 9.17) is 10.00 Å². The lowest BCUT2D eigenvalue weighted by molar-refractivity contribution is 0.0694. The van der Waals surface area contributed by atoms with Gasteiger partial charge in [-0.05, 0) is 43.7 Å². The van der Waals surface area contributed by atoms with Gasteiger partial charge in [-0.2, -0.15) is 5.26 Å². The summed E-state index contributed by atoms with van der Waals surface area (Å²) in [5.74, 6) is -0.484. The van der Waals surface area contributed by atoms with Gasteiger partial charge in [0, 0.05) is 0 Å². The van der Waals surface area contributed by atoms with E-state index in [-0.39, 0.29) is 11.3 Å². The lowest BCUT2D eigenvalue weighted by Gasteiger charge is -2.11. The van der Waals surface area contributed by atoms with Gasteiger partial charge < -0.3 is 9.84 Å². The van der Waals surface area contributed by atoms with Crippen LogP contribution in [0.5, 0.6) is 11.5 Å². The normalized spacial score (nSPS) is 9.85. The fourth-order valence-corrected chi connectivity index (χ4v) is 1.84. The topological polar surface area (TPSA) is 70.3 Å². The van der Waals surface area contributed by atoms with Crippen LogP contribution in [0.2, 0.25) is 0 Å². The lowest BCUT2D eigenvalue weighted by Crippen LogP contribution is -2.01. The molecule has 0 bridgehead atoms. The molecule has 0 unspecified atom stereocenters. The van der Waals surface area contributed by atoms with Crippen molar-refractivity contribution in [3.8, 4) is 17.6 Å². The third-order valence-corrected chi connectivity index (χ3v) is 2.84. The summed E-state index contributed by atoms with van der Waals surface area (Å²) in [6.07, 6.45) is 0. The van der Waals surface area contributed by atoms with Gasteiger partial charge in [0.15, 0.2) is 0 Å². The van der Waals surface area contributed by atoms with Crippen LogP contribution in [-0.4, -0.2) is 11.1 Å². The van der Waals surface area contributed by atoms with Crippen molar-refractivity contribution >= 4 is 5.97 Å². The Bertz CT molecular complexity index is 714. The Balaban J connectivity index is 2.45. The summed E-state index contributed by atoms with van der Waals surface area (Å²) in [5, 5.41) is 18.3. The molecular formula is C16H13NO3. The molecule has 2 aromatic rings. The number of aryl methyl sites for hydroxylation is 2. The number of nitriles is 1. The number of aromatic carboxylic acids is 1. The summed E-state index contributed by atoms with van der Waals surface area (Å²) in [4.78, 5) is 11.2. The standard InChI is InChI=1S/C16H13NO3/c1-10-3-5-14(12(7-10)9-17)20-15-6-4-11(2)8-13(15)16(18)19/h3-8H,1-2H3,(H,18,19). The summed E-state index contributed by atoms with van der Waals surface area (Å²) < 4.78 is 5.60. The predicted octanol–water partition coefficient (Wildman–Crippen LogP) is 3.67. The van der Waals surface area contributed by atoms with Crippen molar-refractivity contribution in [3.05, 3.63) is 58.7 Å². The maximum absolute atomic E-state index is 11.2. The van der Waals surface area contributed by atoms with Gasteiger partial charge >= 0.3 is 5.97 Å². The first-order valence-electron chi connectivity index (χ1n) is 6.04. The van der Waals surface area contributed by atoms with Gasteiger partial charge in [-0.1, -0.05) is 17.7 Å². The molecular weight excluding hydrogens is 254 g/mol. The number of nitrogens with zero attached hydrogens (tertiary/aromatic N) is 1. The molecule has 0 aromatic heterocycles. The Morgan fingerprint density at radius 2 is 1.70 bits per heavy atom. The van der Waals surface area contributed by atoms with E-state index >= 15 is 0 Å². The second-order valence-corrected chi connectivity index (χ2v) is 4.52. The Hall–Kier alpha value is -2.80.